The Morgan fingerprint density at radius 3 is 3.07 bits per heavy atom. The fourth-order valence-corrected chi connectivity index (χ4v) is 2.06. The molecule has 0 saturated heterocycles. The SMILES string of the molecule is COC1CCCC1NCc1nnn(C)n1. The Balaban J connectivity index is 1.82. The number of aryl methyl sites for hydroxylation is 1. The second-order valence-corrected chi connectivity index (χ2v) is 3.89. The van der Waals surface area contributed by atoms with Crippen LogP contribution in [0, 0.1) is 0 Å². The number of tetrazole rings is 1. The molecule has 2 atom stereocenters. The molecule has 84 valence electrons. The van der Waals surface area contributed by atoms with E-state index in [4.69, 9.17) is 4.74 Å². The minimum atomic E-state index is 0.335. The molecule has 15 heavy (non-hydrogen) atoms. The summed E-state index contributed by atoms with van der Waals surface area (Å²) in [5.41, 5.74) is 0. The molecule has 1 fully saturated rings. The highest BCUT2D eigenvalue weighted by Gasteiger charge is 2.26. The Morgan fingerprint density at radius 1 is 1.53 bits per heavy atom. The van der Waals surface area contributed by atoms with Crippen molar-refractivity contribution in [3.63, 3.8) is 0 Å². The van der Waals surface area contributed by atoms with Crippen molar-refractivity contribution in [3.8, 4) is 0 Å². The number of ether oxygens (including phenoxy) is 1. The zero-order valence-corrected chi connectivity index (χ0v) is 9.18. The number of hydrogen-bond acceptors (Lipinski definition) is 5. The van der Waals surface area contributed by atoms with E-state index >= 15 is 0 Å². The van der Waals surface area contributed by atoms with Gasteiger partial charge in [-0.05, 0) is 24.5 Å². The van der Waals surface area contributed by atoms with E-state index in [1.54, 1.807) is 14.2 Å². The zero-order chi connectivity index (χ0) is 10.7. The Bertz CT molecular complexity index is 313. The van der Waals surface area contributed by atoms with Gasteiger partial charge < -0.3 is 10.1 Å². The van der Waals surface area contributed by atoms with E-state index in [0.29, 0.717) is 18.7 Å². The molecule has 1 heterocycles. The van der Waals surface area contributed by atoms with Crippen molar-refractivity contribution in [3.05, 3.63) is 5.82 Å². The first kappa shape index (κ1) is 10.5. The number of hydrogen-bond donors (Lipinski definition) is 1. The van der Waals surface area contributed by atoms with Crippen LogP contribution in [0.25, 0.3) is 0 Å². The van der Waals surface area contributed by atoms with Crippen LogP contribution in [0.15, 0.2) is 0 Å². The van der Waals surface area contributed by atoms with Crippen molar-refractivity contribution in [1.82, 2.24) is 25.5 Å². The van der Waals surface area contributed by atoms with E-state index < -0.39 is 0 Å². The fraction of sp³-hybridized carbons (Fsp3) is 0.889. The standard InChI is InChI=1S/C9H17N5O/c1-14-12-9(11-13-14)6-10-7-4-3-5-8(7)15-2/h7-8,10H,3-6H2,1-2H3. The van der Waals surface area contributed by atoms with Gasteiger partial charge in [-0.2, -0.15) is 4.80 Å². The summed E-state index contributed by atoms with van der Waals surface area (Å²) in [5.74, 6) is 0.735. The van der Waals surface area contributed by atoms with E-state index in [0.717, 1.165) is 12.2 Å². The molecule has 1 N–H and O–H groups in total. The molecule has 2 unspecified atom stereocenters. The number of methoxy groups -OCH3 is 1. The van der Waals surface area contributed by atoms with E-state index in [1.807, 2.05) is 0 Å². The molecule has 0 spiro atoms. The quantitative estimate of drug-likeness (QED) is 0.751. The van der Waals surface area contributed by atoms with Gasteiger partial charge in [0.05, 0.1) is 19.7 Å². The molecule has 2 rings (SSSR count). The minimum absolute atomic E-state index is 0.335. The molecule has 0 radical (unpaired) electrons. The predicted octanol–water partition coefficient (Wildman–Crippen LogP) is -0.133. The smallest absolute Gasteiger partial charge is 0.188 e. The average molecular weight is 211 g/mol. The van der Waals surface area contributed by atoms with Crippen LogP contribution in [0.4, 0.5) is 0 Å². The lowest BCUT2D eigenvalue weighted by Crippen LogP contribution is -2.36. The molecule has 1 aromatic heterocycles. The lowest BCUT2D eigenvalue weighted by Gasteiger charge is -2.18. The number of nitrogens with zero attached hydrogens (tertiary/aromatic N) is 4. The summed E-state index contributed by atoms with van der Waals surface area (Å²) in [6, 6.07) is 0.429. The summed E-state index contributed by atoms with van der Waals surface area (Å²) in [6.07, 6.45) is 3.87. The lowest BCUT2D eigenvalue weighted by atomic mass is 10.2. The van der Waals surface area contributed by atoms with Crippen LogP contribution in [0.1, 0.15) is 25.1 Å². The molecule has 1 aliphatic rings. The van der Waals surface area contributed by atoms with Gasteiger partial charge in [-0.3, -0.25) is 0 Å². The Labute approximate surface area is 89.0 Å². The van der Waals surface area contributed by atoms with E-state index in [9.17, 15) is 0 Å². The number of nitrogens with one attached hydrogen (secondary N) is 1. The highest BCUT2D eigenvalue weighted by Crippen LogP contribution is 2.21. The topological polar surface area (TPSA) is 64.9 Å². The van der Waals surface area contributed by atoms with Gasteiger partial charge in [-0.15, -0.1) is 10.2 Å². The molecule has 1 saturated carbocycles. The first-order valence-electron chi connectivity index (χ1n) is 5.28. The maximum Gasteiger partial charge on any atom is 0.188 e. The summed E-state index contributed by atoms with van der Waals surface area (Å²) in [7, 11) is 3.54. The van der Waals surface area contributed by atoms with Crippen molar-refractivity contribution in [2.45, 2.75) is 38.0 Å². The molecule has 0 bridgehead atoms. The van der Waals surface area contributed by atoms with Gasteiger partial charge in [0.1, 0.15) is 0 Å². The van der Waals surface area contributed by atoms with Gasteiger partial charge in [0.15, 0.2) is 5.82 Å². The van der Waals surface area contributed by atoms with Crippen molar-refractivity contribution < 1.29 is 4.74 Å². The fourth-order valence-electron chi connectivity index (χ4n) is 2.06. The highest BCUT2D eigenvalue weighted by molar-refractivity contribution is 4.86. The second-order valence-electron chi connectivity index (χ2n) is 3.89. The van der Waals surface area contributed by atoms with Gasteiger partial charge in [-0.1, -0.05) is 0 Å². The number of aromatic nitrogens is 4. The monoisotopic (exact) mass is 211 g/mol. The van der Waals surface area contributed by atoms with Crippen LogP contribution in [-0.2, 0) is 18.3 Å². The second kappa shape index (κ2) is 4.67. The van der Waals surface area contributed by atoms with Crippen LogP contribution in [0.5, 0.6) is 0 Å². The Hall–Kier alpha value is -1.01. The first-order valence-corrected chi connectivity index (χ1v) is 5.28. The van der Waals surface area contributed by atoms with Gasteiger partial charge in [0.25, 0.3) is 0 Å². The molecular formula is C9H17N5O. The molecule has 0 amide bonds. The summed E-state index contributed by atoms with van der Waals surface area (Å²) in [6.45, 7) is 0.665. The highest BCUT2D eigenvalue weighted by atomic mass is 16.5. The first-order chi connectivity index (χ1) is 7.29. The third-order valence-corrected chi connectivity index (χ3v) is 2.83. The lowest BCUT2D eigenvalue weighted by molar-refractivity contribution is 0.0845. The number of rotatable bonds is 4. The van der Waals surface area contributed by atoms with Gasteiger partial charge >= 0.3 is 0 Å². The molecule has 6 nitrogen and oxygen atoms in total. The maximum atomic E-state index is 5.39. The van der Waals surface area contributed by atoms with Gasteiger partial charge in [0, 0.05) is 13.2 Å². The molecule has 0 aromatic carbocycles. The van der Waals surface area contributed by atoms with Crippen molar-refractivity contribution in [2.24, 2.45) is 7.05 Å². The largest absolute Gasteiger partial charge is 0.380 e. The summed E-state index contributed by atoms with van der Waals surface area (Å²) >= 11 is 0. The average Bonchev–Trinajstić information content (AvgIpc) is 2.83. The van der Waals surface area contributed by atoms with Crippen molar-refractivity contribution in [1.29, 1.82) is 0 Å². The normalized spacial score (nSPS) is 26.0. The summed E-state index contributed by atoms with van der Waals surface area (Å²) in [5, 5.41) is 15.2. The predicted molar refractivity (Wildman–Crippen MR) is 54.1 cm³/mol. The van der Waals surface area contributed by atoms with E-state index in [2.05, 4.69) is 20.7 Å². The van der Waals surface area contributed by atoms with Crippen molar-refractivity contribution in [2.75, 3.05) is 7.11 Å². The molecular weight excluding hydrogens is 194 g/mol. The van der Waals surface area contributed by atoms with Crippen LogP contribution in [0.3, 0.4) is 0 Å². The van der Waals surface area contributed by atoms with Crippen LogP contribution in [0.2, 0.25) is 0 Å². The molecule has 1 aliphatic carbocycles. The van der Waals surface area contributed by atoms with E-state index in [-0.39, 0.29) is 0 Å². The molecule has 0 aliphatic heterocycles. The van der Waals surface area contributed by atoms with Crippen LogP contribution >= 0.6 is 0 Å². The Morgan fingerprint density at radius 2 is 2.40 bits per heavy atom. The van der Waals surface area contributed by atoms with E-state index in [1.165, 1.54) is 17.6 Å². The zero-order valence-electron chi connectivity index (χ0n) is 9.18. The summed E-state index contributed by atoms with van der Waals surface area (Å²) < 4.78 is 5.39. The maximum absolute atomic E-state index is 5.39. The third-order valence-electron chi connectivity index (χ3n) is 2.83. The summed E-state index contributed by atoms with van der Waals surface area (Å²) in [4.78, 5) is 1.47. The molecule has 1 aromatic rings. The third kappa shape index (κ3) is 2.51. The van der Waals surface area contributed by atoms with Crippen LogP contribution < -0.4 is 5.32 Å². The molecule has 6 heteroatoms. The minimum Gasteiger partial charge on any atom is -0.380 e. The van der Waals surface area contributed by atoms with Crippen LogP contribution in [-0.4, -0.2) is 39.5 Å². The van der Waals surface area contributed by atoms with Gasteiger partial charge in [0.2, 0.25) is 0 Å². The van der Waals surface area contributed by atoms with Gasteiger partial charge in [-0.25, -0.2) is 0 Å². The van der Waals surface area contributed by atoms with Crippen molar-refractivity contribution >= 4 is 0 Å². The Kier molecular flexibility index (Phi) is 3.27.